The smallest absolute Gasteiger partial charge is 0.0900 e. The van der Waals surface area contributed by atoms with Crippen LogP contribution < -0.4 is 0 Å². The highest BCUT2D eigenvalue weighted by Crippen LogP contribution is 2.26. The van der Waals surface area contributed by atoms with Crippen molar-refractivity contribution in [1.82, 2.24) is 4.90 Å². The largest absolute Gasteiger partial charge is 0.389 e. The molecule has 0 radical (unpaired) electrons. The molecule has 1 atom stereocenters. The molecule has 0 aromatic heterocycles. The number of methoxy groups -OCH3 is 1. The van der Waals surface area contributed by atoms with Gasteiger partial charge in [0.15, 0.2) is 0 Å². The first kappa shape index (κ1) is 11.4. The molecule has 4 heteroatoms. The van der Waals surface area contributed by atoms with Gasteiger partial charge in [0.2, 0.25) is 0 Å². The molecule has 1 rings (SSSR count). The molecule has 0 saturated heterocycles. The fraction of sp³-hybridized carbons (Fsp3) is 0.900. The Kier molecular flexibility index (Phi) is 4.88. The van der Waals surface area contributed by atoms with Gasteiger partial charge in [-0.05, 0) is 12.8 Å². The van der Waals surface area contributed by atoms with Crippen LogP contribution in [0.25, 0.3) is 0 Å². The van der Waals surface area contributed by atoms with Gasteiger partial charge in [-0.15, -0.1) is 0 Å². The third-order valence-electron chi connectivity index (χ3n) is 2.38. The van der Waals surface area contributed by atoms with Crippen molar-refractivity contribution in [2.45, 2.75) is 31.4 Å². The summed E-state index contributed by atoms with van der Waals surface area (Å²) in [4.78, 5) is 2.19. The van der Waals surface area contributed by atoms with Crippen LogP contribution in [-0.4, -0.2) is 49.0 Å². The lowest BCUT2D eigenvalue weighted by Gasteiger charge is -2.23. The molecule has 4 nitrogen and oxygen atoms in total. The second-order valence-electron chi connectivity index (χ2n) is 3.74. The fourth-order valence-electron chi connectivity index (χ4n) is 1.57. The highest BCUT2D eigenvalue weighted by Gasteiger charge is 2.29. The summed E-state index contributed by atoms with van der Waals surface area (Å²) < 4.78 is 4.87. The molecule has 1 aliphatic rings. The Morgan fingerprint density at radius 2 is 2.36 bits per heavy atom. The summed E-state index contributed by atoms with van der Waals surface area (Å²) in [6, 6.07) is 2.72. The minimum atomic E-state index is -0.431. The van der Waals surface area contributed by atoms with Gasteiger partial charge in [-0.3, -0.25) is 4.90 Å². The Labute approximate surface area is 85.1 Å². The van der Waals surface area contributed by atoms with Crippen LogP contribution in [0.1, 0.15) is 19.3 Å². The minimum Gasteiger partial charge on any atom is -0.389 e. The molecule has 1 N–H and O–H groups in total. The molecular weight excluding hydrogens is 180 g/mol. The average molecular weight is 198 g/mol. The third kappa shape index (κ3) is 4.05. The lowest BCUT2D eigenvalue weighted by molar-refractivity contribution is 0.0362. The molecule has 1 unspecified atom stereocenters. The zero-order valence-corrected chi connectivity index (χ0v) is 8.65. The lowest BCUT2D eigenvalue weighted by atomic mass is 10.3. The maximum absolute atomic E-state index is 9.55. The van der Waals surface area contributed by atoms with E-state index in [0.29, 0.717) is 25.6 Å². The van der Waals surface area contributed by atoms with Crippen LogP contribution in [-0.2, 0) is 4.74 Å². The first-order valence-electron chi connectivity index (χ1n) is 5.06. The monoisotopic (exact) mass is 198 g/mol. The molecule has 0 aromatic rings. The van der Waals surface area contributed by atoms with Gasteiger partial charge in [0.05, 0.1) is 18.8 Å². The number of hydrogen-bond acceptors (Lipinski definition) is 4. The van der Waals surface area contributed by atoms with Crippen molar-refractivity contribution in [3.63, 3.8) is 0 Å². The van der Waals surface area contributed by atoms with Gasteiger partial charge in [0.25, 0.3) is 0 Å². The van der Waals surface area contributed by atoms with Gasteiger partial charge in [-0.25, -0.2) is 0 Å². The van der Waals surface area contributed by atoms with Crippen LogP contribution in [0.15, 0.2) is 0 Å². The molecule has 0 amide bonds. The van der Waals surface area contributed by atoms with Crippen LogP contribution >= 0.6 is 0 Å². The summed E-state index contributed by atoms with van der Waals surface area (Å²) in [5.74, 6) is 0. The Hall–Kier alpha value is -0.630. The Morgan fingerprint density at radius 3 is 2.86 bits per heavy atom. The van der Waals surface area contributed by atoms with Gasteiger partial charge in [-0.1, -0.05) is 0 Å². The number of nitrogens with zero attached hydrogens (tertiary/aromatic N) is 2. The predicted octanol–water partition coefficient (Wildman–Crippen LogP) is 0.372. The van der Waals surface area contributed by atoms with Crippen molar-refractivity contribution in [3.05, 3.63) is 0 Å². The number of hydrogen-bond donors (Lipinski definition) is 1. The van der Waals surface area contributed by atoms with Crippen LogP contribution in [0, 0.1) is 11.3 Å². The van der Waals surface area contributed by atoms with Crippen LogP contribution in [0.5, 0.6) is 0 Å². The molecule has 0 aliphatic heterocycles. The van der Waals surface area contributed by atoms with Gasteiger partial charge in [0.1, 0.15) is 0 Å². The molecule has 1 fully saturated rings. The van der Waals surface area contributed by atoms with E-state index in [1.54, 1.807) is 7.11 Å². The maximum atomic E-state index is 9.55. The molecule has 1 aliphatic carbocycles. The zero-order valence-electron chi connectivity index (χ0n) is 8.65. The standard InChI is InChI=1S/C10H18N2O2/c1-14-8-10(13)7-12(6-2-5-11)9-3-4-9/h9-10,13H,2-4,6-8H2,1H3. The summed E-state index contributed by atoms with van der Waals surface area (Å²) in [7, 11) is 1.58. The first-order chi connectivity index (χ1) is 6.77. The van der Waals surface area contributed by atoms with E-state index in [1.807, 2.05) is 0 Å². The second kappa shape index (κ2) is 5.97. The van der Waals surface area contributed by atoms with E-state index in [2.05, 4.69) is 11.0 Å². The summed E-state index contributed by atoms with van der Waals surface area (Å²) in [5, 5.41) is 18.0. The van der Waals surface area contributed by atoms with Crippen molar-refractivity contribution in [2.24, 2.45) is 0 Å². The Balaban J connectivity index is 2.24. The molecule has 80 valence electrons. The molecule has 1 saturated carbocycles. The van der Waals surface area contributed by atoms with Crippen molar-refractivity contribution >= 4 is 0 Å². The summed E-state index contributed by atoms with van der Waals surface area (Å²) >= 11 is 0. The predicted molar refractivity (Wildman–Crippen MR) is 52.7 cm³/mol. The minimum absolute atomic E-state index is 0.371. The SMILES string of the molecule is COCC(O)CN(CCC#N)C1CC1. The number of rotatable bonds is 7. The normalized spacial score (nSPS) is 18.1. The van der Waals surface area contributed by atoms with E-state index in [4.69, 9.17) is 10.00 Å². The van der Waals surface area contributed by atoms with Gasteiger partial charge in [-0.2, -0.15) is 5.26 Å². The van der Waals surface area contributed by atoms with Crippen LogP contribution in [0.4, 0.5) is 0 Å². The summed E-state index contributed by atoms with van der Waals surface area (Å²) in [6.45, 7) is 1.76. The Morgan fingerprint density at radius 1 is 1.64 bits per heavy atom. The highest BCUT2D eigenvalue weighted by atomic mass is 16.5. The quantitative estimate of drug-likeness (QED) is 0.642. The molecular formula is C10H18N2O2. The van der Waals surface area contributed by atoms with Crippen molar-refractivity contribution in [2.75, 3.05) is 26.8 Å². The fourth-order valence-corrected chi connectivity index (χ4v) is 1.57. The number of ether oxygens (including phenoxy) is 1. The van der Waals surface area contributed by atoms with E-state index in [-0.39, 0.29) is 0 Å². The van der Waals surface area contributed by atoms with E-state index in [0.717, 1.165) is 6.54 Å². The van der Waals surface area contributed by atoms with Gasteiger partial charge >= 0.3 is 0 Å². The molecule has 0 aromatic carbocycles. The summed E-state index contributed by atoms with van der Waals surface area (Å²) in [6.07, 6.45) is 2.51. The van der Waals surface area contributed by atoms with E-state index < -0.39 is 6.10 Å². The van der Waals surface area contributed by atoms with Crippen LogP contribution in [0.3, 0.4) is 0 Å². The van der Waals surface area contributed by atoms with Gasteiger partial charge < -0.3 is 9.84 Å². The number of aliphatic hydroxyl groups is 1. The zero-order chi connectivity index (χ0) is 10.4. The Bertz CT molecular complexity index is 199. The topological polar surface area (TPSA) is 56.5 Å². The van der Waals surface area contributed by atoms with E-state index in [1.165, 1.54) is 12.8 Å². The third-order valence-corrected chi connectivity index (χ3v) is 2.38. The van der Waals surface area contributed by atoms with E-state index >= 15 is 0 Å². The summed E-state index contributed by atoms with van der Waals surface area (Å²) in [5.41, 5.74) is 0. The molecule has 0 bridgehead atoms. The van der Waals surface area contributed by atoms with Crippen molar-refractivity contribution in [1.29, 1.82) is 5.26 Å². The molecule has 0 spiro atoms. The first-order valence-corrected chi connectivity index (χ1v) is 5.06. The van der Waals surface area contributed by atoms with Crippen molar-refractivity contribution < 1.29 is 9.84 Å². The van der Waals surface area contributed by atoms with E-state index in [9.17, 15) is 5.11 Å². The van der Waals surface area contributed by atoms with Gasteiger partial charge in [0, 0.05) is 32.7 Å². The second-order valence-corrected chi connectivity index (χ2v) is 3.74. The van der Waals surface area contributed by atoms with Crippen LogP contribution in [0.2, 0.25) is 0 Å². The number of nitriles is 1. The number of aliphatic hydroxyl groups excluding tert-OH is 1. The van der Waals surface area contributed by atoms with Crippen molar-refractivity contribution in [3.8, 4) is 6.07 Å². The lowest BCUT2D eigenvalue weighted by Crippen LogP contribution is -2.36. The molecule has 14 heavy (non-hydrogen) atoms. The maximum Gasteiger partial charge on any atom is 0.0900 e. The average Bonchev–Trinajstić information content (AvgIpc) is 2.95. The highest BCUT2D eigenvalue weighted by molar-refractivity contribution is 4.87. The molecule has 0 heterocycles.